The maximum Gasteiger partial charge on any atom is 0.0571 e. The molecule has 10 heavy (non-hydrogen) atoms. The van der Waals surface area contributed by atoms with Gasteiger partial charge < -0.3 is 4.74 Å². The van der Waals surface area contributed by atoms with Crippen LogP contribution < -0.4 is 0 Å². The highest BCUT2D eigenvalue weighted by molar-refractivity contribution is 14.1. The second kappa shape index (κ2) is 4.54. The molecule has 2 heteroatoms. The molecule has 0 aromatic heterocycles. The number of hydrogen-bond donors (Lipinski definition) is 0. The molecule has 0 unspecified atom stereocenters. The molecule has 0 aromatic rings. The Morgan fingerprint density at radius 1 is 1.30 bits per heavy atom. The molecule has 1 fully saturated rings. The molecule has 1 nitrogen and oxygen atoms in total. The zero-order valence-corrected chi connectivity index (χ0v) is 8.63. The van der Waals surface area contributed by atoms with Gasteiger partial charge in [-0.25, -0.2) is 0 Å². The summed E-state index contributed by atoms with van der Waals surface area (Å²) in [5, 5.41) is 0. The van der Waals surface area contributed by atoms with Crippen molar-refractivity contribution in [2.45, 2.75) is 31.8 Å². The molecule has 0 aliphatic heterocycles. The minimum Gasteiger partial charge on any atom is -0.381 e. The number of halogens is 1. The van der Waals surface area contributed by atoms with E-state index in [1.165, 1.54) is 30.1 Å². The van der Waals surface area contributed by atoms with Crippen molar-refractivity contribution in [1.29, 1.82) is 0 Å². The highest BCUT2D eigenvalue weighted by Gasteiger charge is 2.19. The minimum atomic E-state index is 0.569. The van der Waals surface area contributed by atoms with Crippen molar-refractivity contribution in [3.8, 4) is 0 Å². The average molecular weight is 254 g/mol. The Bertz CT molecular complexity index is 75.3. The molecular formula is C8H15IO. The predicted octanol–water partition coefficient (Wildman–Crippen LogP) is 2.63. The van der Waals surface area contributed by atoms with E-state index in [-0.39, 0.29) is 0 Å². The fraction of sp³-hybridized carbons (Fsp3) is 1.00. The van der Waals surface area contributed by atoms with Gasteiger partial charge in [0.25, 0.3) is 0 Å². The van der Waals surface area contributed by atoms with Crippen LogP contribution in [-0.2, 0) is 4.74 Å². The third-order valence-electron chi connectivity index (χ3n) is 2.35. The summed E-state index contributed by atoms with van der Waals surface area (Å²) in [5.41, 5.74) is 0. The van der Waals surface area contributed by atoms with Crippen molar-refractivity contribution in [1.82, 2.24) is 0 Å². The highest BCUT2D eigenvalue weighted by atomic mass is 127. The summed E-state index contributed by atoms with van der Waals surface area (Å²) in [6.07, 6.45) is 5.89. The molecule has 1 aliphatic carbocycles. The van der Waals surface area contributed by atoms with Gasteiger partial charge in [-0.05, 0) is 31.6 Å². The van der Waals surface area contributed by atoms with Gasteiger partial charge in [-0.1, -0.05) is 22.6 Å². The van der Waals surface area contributed by atoms with Crippen molar-refractivity contribution in [3.63, 3.8) is 0 Å². The SMILES string of the molecule is COC1CCC(CI)CC1. The summed E-state index contributed by atoms with van der Waals surface area (Å²) in [6.45, 7) is 0. The molecular weight excluding hydrogens is 239 g/mol. The summed E-state index contributed by atoms with van der Waals surface area (Å²) >= 11 is 2.49. The lowest BCUT2D eigenvalue weighted by atomic mass is 9.89. The van der Waals surface area contributed by atoms with E-state index in [2.05, 4.69) is 22.6 Å². The van der Waals surface area contributed by atoms with Gasteiger partial charge in [0.05, 0.1) is 6.10 Å². The Balaban J connectivity index is 2.17. The number of hydrogen-bond acceptors (Lipinski definition) is 1. The van der Waals surface area contributed by atoms with E-state index < -0.39 is 0 Å². The fourth-order valence-electron chi connectivity index (χ4n) is 1.52. The third kappa shape index (κ3) is 2.38. The quantitative estimate of drug-likeness (QED) is 0.543. The van der Waals surface area contributed by atoms with Crippen LogP contribution in [0, 0.1) is 5.92 Å². The van der Waals surface area contributed by atoms with E-state index in [1.807, 2.05) is 7.11 Å². The summed E-state index contributed by atoms with van der Waals surface area (Å²) < 4.78 is 6.61. The number of ether oxygens (including phenoxy) is 1. The molecule has 0 atom stereocenters. The molecule has 0 heterocycles. The van der Waals surface area contributed by atoms with Crippen LogP contribution >= 0.6 is 22.6 Å². The zero-order valence-electron chi connectivity index (χ0n) is 6.48. The van der Waals surface area contributed by atoms with Crippen LogP contribution in [0.2, 0.25) is 0 Å². The maximum atomic E-state index is 5.28. The Kier molecular flexibility index (Phi) is 3.99. The second-order valence-electron chi connectivity index (χ2n) is 3.03. The predicted molar refractivity (Wildman–Crippen MR) is 51.6 cm³/mol. The largest absolute Gasteiger partial charge is 0.381 e. The monoisotopic (exact) mass is 254 g/mol. The van der Waals surface area contributed by atoms with Crippen LogP contribution in [0.5, 0.6) is 0 Å². The summed E-state index contributed by atoms with van der Waals surface area (Å²) in [4.78, 5) is 0. The molecule has 1 saturated carbocycles. The van der Waals surface area contributed by atoms with Gasteiger partial charge in [-0.15, -0.1) is 0 Å². The highest BCUT2D eigenvalue weighted by Crippen LogP contribution is 2.26. The van der Waals surface area contributed by atoms with Crippen LogP contribution in [0.15, 0.2) is 0 Å². The number of alkyl halides is 1. The Labute approximate surface area is 76.7 Å². The van der Waals surface area contributed by atoms with Crippen molar-refractivity contribution >= 4 is 22.6 Å². The van der Waals surface area contributed by atoms with Gasteiger partial charge in [0.2, 0.25) is 0 Å². The first-order chi connectivity index (χ1) is 4.86. The van der Waals surface area contributed by atoms with Gasteiger partial charge in [-0.3, -0.25) is 0 Å². The van der Waals surface area contributed by atoms with Gasteiger partial charge in [-0.2, -0.15) is 0 Å². The third-order valence-corrected chi connectivity index (χ3v) is 3.59. The van der Waals surface area contributed by atoms with Crippen LogP contribution in [0.25, 0.3) is 0 Å². The lowest BCUT2D eigenvalue weighted by molar-refractivity contribution is 0.0603. The average Bonchev–Trinajstić information content (AvgIpc) is 2.05. The number of rotatable bonds is 2. The first-order valence-corrected chi connectivity index (χ1v) is 5.48. The van der Waals surface area contributed by atoms with E-state index in [0.29, 0.717) is 6.10 Å². The molecule has 1 rings (SSSR count). The van der Waals surface area contributed by atoms with Gasteiger partial charge in [0.1, 0.15) is 0 Å². The normalized spacial score (nSPS) is 34.2. The molecule has 0 N–H and O–H groups in total. The molecule has 1 aliphatic rings. The smallest absolute Gasteiger partial charge is 0.0571 e. The number of methoxy groups -OCH3 is 1. The first-order valence-electron chi connectivity index (χ1n) is 3.95. The fourth-order valence-corrected chi connectivity index (χ4v) is 2.40. The van der Waals surface area contributed by atoms with Crippen LogP contribution in [0.1, 0.15) is 25.7 Å². The van der Waals surface area contributed by atoms with E-state index in [0.717, 1.165) is 5.92 Å². The molecule has 0 aromatic carbocycles. The van der Waals surface area contributed by atoms with E-state index in [9.17, 15) is 0 Å². The van der Waals surface area contributed by atoms with E-state index in [4.69, 9.17) is 4.74 Å². The van der Waals surface area contributed by atoms with Crippen molar-refractivity contribution in [2.24, 2.45) is 5.92 Å². The minimum absolute atomic E-state index is 0.569. The molecule has 0 bridgehead atoms. The summed E-state index contributed by atoms with van der Waals surface area (Å²) in [7, 11) is 1.83. The van der Waals surface area contributed by atoms with Crippen molar-refractivity contribution in [3.05, 3.63) is 0 Å². The molecule has 0 amide bonds. The summed E-state index contributed by atoms with van der Waals surface area (Å²) in [5.74, 6) is 0.979. The van der Waals surface area contributed by atoms with Crippen molar-refractivity contribution in [2.75, 3.05) is 11.5 Å². The second-order valence-corrected chi connectivity index (χ2v) is 3.91. The Hall–Kier alpha value is 0.690. The van der Waals surface area contributed by atoms with Gasteiger partial charge >= 0.3 is 0 Å². The van der Waals surface area contributed by atoms with Crippen LogP contribution in [0.3, 0.4) is 0 Å². The van der Waals surface area contributed by atoms with E-state index in [1.54, 1.807) is 0 Å². The Morgan fingerprint density at radius 3 is 2.30 bits per heavy atom. The first kappa shape index (κ1) is 8.78. The lowest BCUT2D eigenvalue weighted by Gasteiger charge is -2.25. The van der Waals surface area contributed by atoms with Crippen LogP contribution in [-0.4, -0.2) is 17.6 Å². The Morgan fingerprint density at radius 2 is 1.90 bits per heavy atom. The van der Waals surface area contributed by atoms with Crippen molar-refractivity contribution < 1.29 is 4.74 Å². The zero-order chi connectivity index (χ0) is 7.40. The molecule has 60 valence electrons. The van der Waals surface area contributed by atoms with Gasteiger partial charge in [0.15, 0.2) is 0 Å². The molecule has 0 radical (unpaired) electrons. The van der Waals surface area contributed by atoms with Crippen LogP contribution in [0.4, 0.5) is 0 Å². The summed E-state index contributed by atoms with van der Waals surface area (Å²) in [6, 6.07) is 0. The molecule has 0 saturated heterocycles. The van der Waals surface area contributed by atoms with E-state index >= 15 is 0 Å². The standard InChI is InChI=1S/C8H15IO/c1-10-8-4-2-7(6-9)3-5-8/h7-8H,2-6H2,1H3. The molecule has 0 spiro atoms. The van der Waals surface area contributed by atoms with Gasteiger partial charge in [0, 0.05) is 11.5 Å². The maximum absolute atomic E-state index is 5.28. The topological polar surface area (TPSA) is 9.23 Å². The lowest BCUT2D eigenvalue weighted by Crippen LogP contribution is -2.20.